The van der Waals surface area contributed by atoms with Crippen LogP contribution in [0.15, 0.2) is 24.4 Å². The van der Waals surface area contributed by atoms with Crippen LogP contribution >= 0.6 is 0 Å². The van der Waals surface area contributed by atoms with Gasteiger partial charge in [0.15, 0.2) is 5.82 Å². The van der Waals surface area contributed by atoms with Crippen LogP contribution in [0.5, 0.6) is 5.88 Å². The van der Waals surface area contributed by atoms with Crippen molar-refractivity contribution in [2.24, 2.45) is 5.41 Å². The van der Waals surface area contributed by atoms with Crippen molar-refractivity contribution in [3.8, 4) is 23.1 Å². The summed E-state index contributed by atoms with van der Waals surface area (Å²) in [7, 11) is 1.44. The number of anilines is 1. The predicted octanol–water partition coefficient (Wildman–Crippen LogP) is 3.61. The van der Waals surface area contributed by atoms with Gasteiger partial charge < -0.3 is 10.1 Å². The van der Waals surface area contributed by atoms with Crippen LogP contribution in [0.4, 0.5) is 14.7 Å². The van der Waals surface area contributed by atoms with Crippen LogP contribution in [-0.2, 0) is 6.54 Å². The molecular formula is C21H22F2N8O. The molecule has 1 N–H and O–H groups in total. The summed E-state index contributed by atoms with van der Waals surface area (Å²) in [6, 6.07) is 7.42. The maximum atomic E-state index is 15.1. The molecule has 0 radical (unpaired) electrons. The number of alkyl halides is 1. The minimum absolute atomic E-state index is 0.181. The Balaban J connectivity index is 1.79. The molecule has 4 aromatic rings. The predicted molar refractivity (Wildman–Crippen MR) is 114 cm³/mol. The summed E-state index contributed by atoms with van der Waals surface area (Å²) in [5, 5.41) is 24.7. The first kappa shape index (κ1) is 21.4. The Bertz CT molecular complexity index is 1320. The Kier molecular flexibility index (Phi) is 5.61. The molecule has 0 saturated heterocycles. The number of halogens is 2. The van der Waals surface area contributed by atoms with Gasteiger partial charge >= 0.3 is 0 Å². The zero-order chi connectivity index (χ0) is 22.9. The van der Waals surface area contributed by atoms with Crippen molar-refractivity contribution < 1.29 is 13.5 Å². The average molecular weight is 440 g/mol. The van der Waals surface area contributed by atoms with Crippen molar-refractivity contribution in [1.29, 1.82) is 5.26 Å². The van der Waals surface area contributed by atoms with E-state index in [1.165, 1.54) is 17.8 Å². The van der Waals surface area contributed by atoms with Crippen molar-refractivity contribution in [1.82, 2.24) is 29.6 Å². The molecule has 1 aromatic carbocycles. The molecule has 0 amide bonds. The Morgan fingerprint density at radius 2 is 2.12 bits per heavy atom. The number of nitriles is 1. The molecule has 3 aromatic heterocycles. The fraction of sp³-hybridized carbons (Fsp3) is 0.381. The van der Waals surface area contributed by atoms with E-state index in [4.69, 9.17) is 4.74 Å². The van der Waals surface area contributed by atoms with Crippen molar-refractivity contribution in [3.05, 3.63) is 30.2 Å². The second kappa shape index (κ2) is 8.37. The molecule has 0 bridgehead atoms. The normalized spacial score (nSPS) is 11.8. The highest BCUT2D eigenvalue weighted by molar-refractivity contribution is 5.89. The zero-order valence-electron chi connectivity index (χ0n) is 17.9. The molecule has 0 saturated carbocycles. The number of fused-ring (bicyclic) bond motifs is 2. The van der Waals surface area contributed by atoms with Crippen molar-refractivity contribution in [2.75, 3.05) is 25.6 Å². The van der Waals surface area contributed by atoms with Crippen LogP contribution in [0.3, 0.4) is 0 Å². The van der Waals surface area contributed by atoms with E-state index in [0.717, 1.165) is 0 Å². The zero-order valence-corrected chi connectivity index (χ0v) is 17.9. The Hall–Kier alpha value is -3.81. The molecule has 0 aliphatic carbocycles. The standard InChI is InChI=1S/C21H22F2N8O/c1-21(2,11-24)12-25-20-26-19(32-3)18-17(14(23)10-31(18)28-20)13-5-6-15-16(9-13)30(29-27-15)8-4-7-22/h5-6,9-10H,4,7-8,12H2,1-3H3,(H,25,28). The third kappa shape index (κ3) is 3.91. The van der Waals surface area contributed by atoms with Gasteiger partial charge in [-0.25, -0.2) is 13.6 Å². The smallest absolute Gasteiger partial charge is 0.244 e. The summed E-state index contributed by atoms with van der Waals surface area (Å²) in [5.74, 6) is -0.113. The number of aryl methyl sites for hydroxylation is 1. The fourth-order valence-electron chi connectivity index (χ4n) is 3.35. The number of rotatable bonds is 8. The van der Waals surface area contributed by atoms with Crippen LogP contribution in [0.1, 0.15) is 20.3 Å². The van der Waals surface area contributed by atoms with E-state index in [2.05, 4.69) is 31.8 Å². The van der Waals surface area contributed by atoms with E-state index in [0.29, 0.717) is 41.6 Å². The average Bonchev–Trinajstić information content (AvgIpc) is 3.35. The highest BCUT2D eigenvalue weighted by atomic mass is 19.1. The van der Waals surface area contributed by atoms with Crippen molar-refractivity contribution in [3.63, 3.8) is 0 Å². The second-order valence-corrected chi connectivity index (χ2v) is 8.00. The first-order valence-electron chi connectivity index (χ1n) is 10.0. The molecule has 0 aliphatic rings. The van der Waals surface area contributed by atoms with Gasteiger partial charge in [0.05, 0.1) is 42.5 Å². The van der Waals surface area contributed by atoms with Gasteiger partial charge in [0.25, 0.3) is 0 Å². The number of hydrogen-bond acceptors (Lipinski definition) is 7. The lowest BCUT2D eigenvalue weighted by Crippen LogP contribution is -2.22. The number of nitrogens with zero attached hydrogens (tertiary/aromatic N) is 7. The van der Waals surface area contributed by atoms with E-state index >= 15 is 4.39 Å². The van der Waals surface area contributed by atoms with Gasteiger partial charge in [0.2, 0.25) is 11.8 Å². The van der Waals surface area contributed by atoms with Gasteiger partial charge in [-0.3, -0.25) is 4.39 Å². The quantitative estimate of drug-likeness (QED) is 0.446. The summed E-state index contributed by atoms with van der Waals surface area (Å²) >= 11 is 0. The van der Waals surface area contributed by atoms with Crippen LogP contribution in [-0.4, -0.2) is 49.9 Å². The minimum Gasteiger partial charge on any atom is -0.479 e. The Morgan fingerprint density at radius 3 is 2.84 bits per heavy atom. The van der Waals surface area contributed by atoms with Crippen LogP contribution < -0.4 is 10.1 Å². The van der Waals surface area contributed by atoms with E-state index in [1.807, 2.05) is 0 Å². The first-order chi connectivity index (χ1) is 15.4. The topological polar surface area (TPSA) is 106 Å². The summed E-state index contributed by atoms with van der Waals surface area (Å²) in [5.41, 5.74) is 1.86. The number of hydrogen-bond donors (Lipinski definition) is 1. The van der Waals surface area contributed by atoms with Gasteiger partial charge in [0, 0.05) is 13.1 Å². The summed E-state index contributed by atoms with van der Waals surface area (Å²) in [6.07, 6.45) is 1.56. The van der Waals surface area contributed by atoms with Gasteiger partial charge in [-0.15, -0.1) is 10.2 Å². The van der Waals surface area contributed by atoms with Gasteiger partial charge in [0.1, 0.15) is 11.0 Å². The monoisotopic (exact) mass is 440 g/mol. The summed E-state index contributed by atoms with van der Waals surface area (Å²) in [6.45, 7) is 3.78. The third-order valence-corrected chi connectivity index (χ3v) is 5.04. The van der Waals surface area contributed by atoms with E-state index in [1.54, 1.807) is 36.7 Å². The number of methoxy groups -OCH3 is 1. The van der Waals surface area contributed by atoms with Crippen molar-refractivity contribution in [2.45, 2.75) is 26.8 Å². The molecular weight excluding hydrogens is 418 g/mol. The number of nitrogens with one attached hydrogen (secondary N) is 1. The molecule has 0 unspecified atom stereocenters. The lowest BCUT2D eigenvalue weighted by molar-refractivity contribution is 0.399. The molecule has 0 spiro atoms. The first-order valence-corrected chi connectivity index (χ1v) is 10.0. The van der Waals surface area contributed by atoms with E-state index < -0.39 is 17.9 Å². The molecule has 9 nitrogen and oxygen atoms in total. The molecule has 11 heteroatoms. The Morgan fingerprint density at radius 1 is 1.31 bits per heavy atom. The fourth-order valence-corrected chi connectivity index (χ4v) is 3.35. The summed E-state index contributed by atoms with van der Waals surface area (Å²) in [4.78, 5) is 4.35. The third-order valence-electron chi connectivity index (χ3n) is 5.04. The Labute approximate surface area is 182 Å². The molecule has 0 atom stereocenters. The number of aromatic nitrogens is 6. The van der Waals surface area contributed by atoms with E-state index in [-0.39, 0.29) is 17.4 Å². The lowest BCUT2D eigenvalue weighted by atomic mass is 9.96. The van der Waals surface area contributed by atoms with Crippen LogP contribution in [0.2, 0.25) is 0 Å². The minimum atomic E-state index is -0.632. The molecule has 0 aliphatic heterocycles. The highest BCUT2D eigenvalue weighted by Gasteiger charge is 2.22. The largest absolute Gasteiger partial charge is 0.479 e. The van der Waals surface area contributed by atoms with Gasteiger partial charge in [-0.05, 0) is 38.0 Å². The van der Waals surface area contributed by atoms with Crippen LogP contribution in [0, 0.1) is 22.6 Å². The number of benzene rings is 1. The molecule has 4 rings (SSSR count). The van der Waals surface area contributed by atoms with Crippen molar-refractivity contribution >= 4 is 22.5 Å². The SMILES string of the molecule is COc1nc(NCC(C)(C)C#N)nn2cc(F)c(-c3ccc4nnn(CCCF)c4c3)c12. The lowest BCUT2D eigenvalue weighted by Gasteiger charge is -2.16. The molecule has 32 heavy (non-hydrogen) atoms. The maximum Gasteiger partial charge on any atom is 0.244 e. The number of ether oxygens (including phenoxy) is 1. The molecule has 166 valence electrons. The highest BCUT2D eigenvalue weighted by Crippen LogP contribution is 2.35. The second-order valence-electron chi connectivity index (χ2n) is 8.00. The molecule has 3 heterocycles. The van der Waals surface area contributed by atoms with Gasteiger partial charge in [-0.1, -0.05) is 11.3 Å². The molecule has 0 fully saturated rings. The maximum absolute atomic E-state index is 15.1. The van der Waals surface area contributed by atoms with E-state index in [9.17, 15) is 9.65 Å². The van der Waals surface area contributed by atoms with Crippen LogP contribution in [0.25, 0.3) is 27.7 Å². The van der Waals surface area contributed by atoms with Gasteiger partial charge in [-0.2, -0.15) is 10.2 Å². The summed E-state index contributed by atoms with van der Waals surface area (Å²) < 4.78 is 36.1.